The first kappa shape index (κ1) is 21.8. The summed E-state index contributed by atoms with van der Waals surface area (Å²) in [5.74, 6) is -0.835. The number of nitrogens with one attached hydrogen (secondary N) is 2. The quantitative estimate of drug-likeness (QED) is 0.610. The fourth-order valence-electron chi connectivity index (χ4n) is 3.52. The van der Waals surface area contributed by atoms with E-state index in [1.54, 1.807) is 24.3 Å². The minimum Gasteiger partial charge on any atom is -0.442 e. The fraction of sp³-hybridized carbons (Fsp3) is 0.348. The molecule has 0 radical (unpaired) electrons. The normalized spacial score (nSPS) is 18.8. The predicted octanol–water partition coefficient (Wildman–Crippen LogP) is 2.06. The van der Waals surface area contributed by atoms with Crippen LogP contribution in [0, 0.1) is 5.82 Å². The van der Waals surface area contributed by atoms with Crippen molar-refractivity contribution in [2.75, 3.05) is 18.0 Å². The molecule has 1 aliphatic carbocycles. The van der Waals surface area contributed by atoms with Gasteiger partial charge in [0, 0.05) is 19.0 Å². The number of carbonyl (C=O) groups excluding carboxylic acids is 3. The molecule has 2 aromatic carbocycles. The highest BCUT2D eigenvalue weighted by molar-refractivity contribution is 5.90. The molecule has 4 rings (SSSR count). The van der Waals surface area contributed by atoms with E-state index in [1.165, 1.54) is 17.9 Å². The first-order valence-electron chi connectivity index (χ1n) is 10.4. The van der Waals surface area contributed by atoms with Gasteiger partial charge in [0.1, 0.15) is 11.9 Å². The number of halogens is 1. The van der Waals surface area contributed by atoms with Crippen molar-refractivity contribution < 1.29 is 23.5 Å². The van der Waals surface area contributed by atoms with E-state index in [9.17, 15) is 18.8 Å². The first-order valence-corrected chi connectivity index (χ1v) is 10.4. The maximum Gasteiger partial charge on any atom is 0.414 e. The summed E-state index contributed by atoms with van der Waals surface area (Å²) in [4.78, 5) is 36.5. The molecule has 4 N–H and O–H groups in total. The Labute approximate surface area is 184 Å². The Morgan fingerprint density at radius 3 is 2.53 bits per heavy atom. The third-order valence-electron chi connectivity index (χ3n) is 5.68. The highest BCUT2D eigenvalue weighted by Gasteiger charge is 2.45. The van der Waals surface area contributed by atoms with E-state index < -0.39 is 23.6 Å². The highest BCUT2D eigenvalue weighted by Crippen LogP contribution is 2.32. The van der Waals surface area contributed by atoms with Crippen LogP contribution in [0.3, 0.4) is 0 Å². The number of benzene rings is 2. The van der Waals surface area contributed by atoms with Crippen LogP contribution >= 0.6 is 0 Å². The summed E-state index contributed by atoms with van der Waals surface area (Å²) in [7, 11) is 0. The SMILES string of the molecule is CC(=O)NCC1CN(c2ccc(-c3ccc(CNC(=O)C4(N)CC4)cc3)c(F)c2)C(=O)O1. The topological polar surface area (TPSA) is 114 Å². The number of hydrogen-bond donors (Lipinski definition) is 3. The summed E-state index contributed by atoms with van der Waals surface area (Å²) in [6, 6.07) is 11.8. The Morgan fingerprint density at radius 2 is 1.91 bits per heavy atom. The van der Waals surface area contributed by atoms with Crippen LogP contribution in [0.2, 0.25) is 0 Å². The minimum atomic E-state index is -0.712. The van der Waals surface area contributed by atoms with Gasteiger partial charge in [-0.2, -0.15) is 0 Å². The van der Waals surface area contributed by atoms with Gasteiger partial charge in [-0.05, 0) is 42.2 Å². The van der Waals surface area contributed by atoms with Gasteiger partial charge in [0.05, 0.1) is 24.3 Å². The molecular weight excluding hydrogens is 415 g/mol. The van der Waals surface area contributed by atoms with Gasteiger partial charge in [0.2, 0.25) is 11.8 Å². The lowest BCUT2D eigenvalue weighted by Gasteiger charge is -2.15. The zero-order valence-corrected chi connectivity index (χ0v) is 17.7. The number of cyclic esters (lactones) is 1. The second kappa shape index (κ2) is 8.58. The lowest BCUT2D eigenvalue weighted by Crippen LogP contribution is -2.42. The average Bonchev–Trinajstić information content (AvgIpc) is 3.41. The standard InChI is InChI=1S/C23H25FN4O4/c1-14(29)26-12-18-13-28(22(31)32-18)17-6-7-19(20(24)10-17)16-4-2-15(3-5-16)11-27-21(30)23(25)8-9-23/h2-7,10,18H,8-9,11-13,25H2,1H3,(H,26,29)(H,27,30). The molecule has 3 amide bonds. The largest absolute Gasteiger partial charge is 0.442 e. The maximum atomic E-state index is 14.9. The van der Waals surface area contributed by atoms with Crippen molar-refractivity contribution >= 4 is 23.6 Å². The molecular formula is C23H25FN4O4. The van der Waals surface area contributed by atoms with Gasteiger partial charge >= 0.3 is 6.09 Å². The molecule has 1 saturated heterocycles. The number of ether oxygens (including phenoxy) is 1. The van der Waals surface area contributed by atoms with Gasteiger partial charge < -0.3 is 21.1 Å². The molecule has 1 saturated carbocycles. The first-order chi connectivity index (χ1) is 15.2. The number of anilines is 1. The Hall–Kier alpha value is -3.46. The summed E-state index contributed by atoms with van der Waals surface area (Å²) in [6.45, 7) is 2.17. The molecule has 9 heteroatoms. The summed E-state index contributed by atoms with van der Waals surface area (Å²) >= 11 is 0. The van der Waals surface area contributed by atoms with Crippen molar-refractivity contribution in [1.29, 1.82) is 0 Å². The Bertz CT molecular complexity index is 1050. The van der Waals surface area contributed by atoms with Crippen LogP contribution in [0.4, 0.5) is 14.9 Å². The zero-order chi connectivity index (χ0) is 22.9. The second-order valence-corrected chi connectivity index (χ2v) is 8.25. The molecule has 0 bridgehead atoms. The molecule has 2 fully saturated rings. The monoisotopic (exact) mass is 440 g/mol. The smallest absolute Gasteiger partial charge is 0.414 e. The van der Waals surface area contributed by atoms with E-state index in [4.69, 9.17) is 10.5 Å². The molecule has 2 aromatic rings. The lowest BCUT2D eigenvalue weighted by molar-refractivity contribution is -0.123. The summed E-state index contributed by atoms with van der Waals surface area (Å²) in [6.07, 6.45) is 0.344. The molecule has 8 nitrogen and oxygen atoms in total. The van der Waals surface area contributed by atoms with E-state index in [-0.39, 0.29) is 24.9 Å². The van der Waals surface area contributed by atoms with Gasteiger partial charge in [0.25, 0.3) is 0 Å². The van der Waals surface area contributed by atoms with Crippen molar-refractivity contribution in [1.82, 2.24) is 10.6 Å². The van der Waals surface area contributed by atoms with E-state index in [1.807, 2.05) is 12.1 Å². The number of amides is 3. The van der Waals surface area contributed by atoms with Crippen molar-refractivity contribution in [2.45, 2.75) is 38.0 Å². The molecule has 1 unspecified atom stereocenters. The fourth-order valence-corrected chi connectivity index (χ4v) is 3.52. The van der Waals surface area contributed by atoms with Crippen LogP contribution in [0.15, 0.2) is 42.5 Å². The second-order valence-electron chi connectivity index (χ2n) is 8.25. The van der Waals surface area contributed by atoms with E-state index in [0.717, 1.165) is 5.56 Å². The van der Waals surface area contributed by atoms with Gasteiger partial charge in [-0.3, -0.25) is 14.5 Å². The minimum absolute atomic E-state index is 0.150. The molecule has 32 heavy (non-hydrogen) atoms. The van der Waals surface area contributed by atoms with Crippen molar-refractivity contribution in [3.8, 4) is 11.1 Å². The third kappa shape index (κ3) is 4.72. The average molecular weight is 440 g/mol. The van der Waals surface area contributed by atoms with Gasteiger partial charge in [-0.25, -0.2) is 9.18 Å². The third-order valence-corrected chi connectivity index (χ3v) is 5.68. The van der Waals surface area contributed by atoms with Crippen LogP contribution in [0.5, 0.6) is 0 Å². The van der Waals surface area contributed by atoms with Crippen molar-refractivity contribution in [3.05, 3.63) is 53.8 Å². The number of nitrogens with two attached hydrogens (primary N) is 1. The Balaban J connectivity index is 1.40. The lowest BCUT2D eigenvalue weighted by atomic mass is 10.0. The molecule has 0 spiro atoms. The van der Waals surface area contributed by atoms with Gasteiger partial charge in [0.15, 0.2) is 0 Å². The van der Waals surface area contributed by atoms with Crippen LogP contribution in [0.1, 0.15) is 25.3 Å². The number of hydrogen-bond acceptors (Lipinski definition) is 5. The predicted molar refractivity (Wildman–Crippen MR) is 116 cm³/mol. The van der Waals surface area contributed by atoms with Gasteiger partial charge in [-0.15, -0.1) is 0 Å². The maximum absolute atomic E-state index is 14.9. The number of rotatable bonds is 7. The van der Waals surface area contributed by atoms with Crippen LogP contribution in [0.25, 0.3) is 11.1 Å². The number of nitrogens with zero attached hydrogens (tertiary/aromatic N) is 1. The van der Waals surface area contributed by atoms with Gasteiger partial charge in [-0.1, -0.05) is 24.3 Å². The van der Waals surface area contributed by atoms with Crippen molar-refractivity contribution in [2.24, 2.45) is 5.73 Å². The summed E-state index contributed by atoms with van der Waals surface area (Å²) < 4.78 is 20.1. The Morgan fingerprint density at radius 1 is 1.19 bits per heavy atom. The molecule has 1 heterocycles. The molecule has 1 atom stereocenters. The van der Waals surface area contributed by atoms with Crippen LogP contribution in [-0.4, -0.2) is 42.6 Å². The van der Waals surface area contributed by atoms with Crippen LogP contribution < -0.4 is 21.3 Å². The van der Waals surface area contributed by atoms with E-state index in [2.05, 4.69) is 10.6 Å². The van der Waals surface area contributed by atoms with Crippen LogP contribution in [-0.2, 0) is 20.9 Å². The van der Waals surface area contributed by atoms with E-state index in [0.29, 0.717) is 36.2 Å². The summed E-state index contributed by atoms with van der Waals surface area (Å²) in [5.41, 5.74) is 7.49. The number of carbonyl (C=O) groups is 3. The van der Waals surface area contributed by atoms with Crippen molar-refractivity contribution in [3.63, 3.8) is 0 Å². The molecule has 0 aromatic heterocycles. The van der Waals surface area contributed by atoms with E-state index >= 15 is 0 Å². The molecule has 2 aliphatic rings. The molecule has 168 valence electrons. The zero-order valence-electron chi connectivity index (χ0n) is 17.7. The molecule has 1 aliphatic heterocycles. The highest BCUT2D eigenvalue weighted by atomic mass is 19.1. The summed E-state index contributed by atoms with van der Waals surface area (Å²) in [5, 5.41) is 5.43. The Kier molecular flexibility index (Phi) is 5.84.